The van der Waals surface area contributed by atoms with Crippen LogP contribution in [0, 0.1) is 5.92 Å². The topological polar surface area (TPSA) is 85.2 Å². The maximum absolute atomic E-state index is 12.5. The second kappa shape index (κ2) is 8.05. The number of nitrogens with zero attached hydrogens (tertiary/aromatic N) is 3. The molecule has 1 aliphatic heterocycles. The highest BCUT2D eigenvalue weighted by molar-refractivity contribution is 5.94. The van der Waals surface area contributed by atoms with Crippen LogP contribution in [0.25, 0.3) is 11.4 Å². The first-order chi connectivity index (χ1) is 11.9. The number of halogens is 4. The summed E-state index contributed by atoms with van der Waals surface area (Å²) in [5, 5.41) is 3.32. The van der Waals surface area contributed by atoms with Crippen LogP contribution in [0.5, 0.6) is 0 Å². The van der Waals surface area contributed by atoms with Gasteiger partial charge in [-0.1, -0.05) is 17.3 Å². The van der Waals surface area contributed by atoms with Crippen molar-refractivity contribution in [2.45, 2.75) is 19.0 Å². The number of hydrogen-bond donors (Lipinski definition) is 1. The predicted octanol–water partition coefficient (Wildman–Crippen LogP) is 2.99. The van der Waals surface area contributed by atoms with Crippen molar-refractivity contribution in [2.24, 2.45) is 11.7 Å². The number of carbonyl (C=O) groups excluding carboxylic acids is 1. The Morgan fingerprint density at radius 1 is 1.31 bits per heavy atom. The van der Waals surface area contributed by atoms with Gasteiger partial charge in [0.1, 0.15) is 0 Å². The van der Waals surface area contributed by atoms with E-state index in [1.807, 2.05) is 0 Å². The third-order valence-corrected chi connectivity index (χ3v) is 4.20. The number of hydrogen-bond acceptors (Lipinski definition) is 5. The van der Waals surface area contributed by atoms with Crippen molar-refractivity contribution >= 4 is 18.3 Å². The Kier molecular flexibility index (Phi) is 6.25. The van der Waals surface area contributed by atoms with Gasteiger partial charge in [0.25, 0.3) is 5.91 Å². The van der Waals surface area contributed by atoms with Crippen LogP contribution in [0.4, 0.5) is 13.2 Å². The molecule has 6 nitrogen and oxygen atoms in total. The van der Waals surface area contributed by atoms with Crippen molar-refractivity contribution < 1.29 is 22.5 Å². The minimum absolute atomic E-state index is 0. The Balaban J connectivity index is 0.00000243. The van der Waals surface area contributed by atoms with E-state index in [0.29, 0.717) is 36.7 Å². The minimum Gasteiger partial charge on any atom is -0.338 e. The number of piperidine rings is 1. The van der Waals surface area contributed by atoms with Crippen molar-refractivity contribution in [1.29, 1.82) is 0 Å². The van der Waals surface area contributed by atoms with Crippen molar-refractivity contribution in [3.63, 3.8) is 0 Å². The number of alkyl halides is 3. The lowest BCUT2D eigenvalue weighted by molar-refractivity contribution is -0.159. The number of aromatic nitrogens is 2. The van der Waals surface area contributed by atoms with E-state index < -0.39 is 12.1 Å². The van der Waals surface area contributed by atoms with E-state index >= 15 is 0 Å². The number of benzene rings is 1. The van der Waals surface area contributed by atoms with Crippen molar-refractivity contribution in [2.75, 3.05) is 19.6 Å². The minimum atomic E-state index is -4.69. The van der Waals surface area contributed by atoms with Gasteiger partial charge in [-0.25, -0.2) is 0 Å². The Bertz CT molecular complexity index is 749. The molecule has 0 spiro atoms. The summed E-state index contributed by atoms with van der Waals surface area (Å²) in [6.07, 6.45) is -2.76. The first kappa shape index (κ1) is 20.2. The van der Waals surface area contributed by atoms with Gasteiger partial charge in [0.15, 0.2) is 0 Å². The Morgan fingerprint density at radius 2 is 2.00 bits per heavy atom. The van der Waals surface area contributed by atoms with Gasteiger partial charge in [0, 0.05) is 24.2 Å². The molecular weight excluding hydrogens is 373 g/mol. The van der Waals surface area contributed by atoms with Gasteiger partial charge in [-0.2, -0.15) is 18.2 Å². The fourth-order valence-electron chi connectivity index (χ4n) is 2.84. The molecule has 1 aromatic carbocycles. The van der Waals surface area contributed by atoms with E-state index in [0.717, 1.165) is 12.8 Å². The molecule has 1 fully saturated rings. The van der Waals surface area contributed by atoms with E-state index in [1.165, 1.54) is 12.1 Å². The Hall–Kier alpha value is -2.13. The molecule has 0 aliphatic carbocycles. The van der Waals surface area contributed by atoms with Gasteiger partial charge < -0.3 is 15.2 Å². The van der Waals surface area contributed by atoms with Crippen LogP contribution in [-0.2, 0) is 6.18 Å². The van der Waals surface area contributed by atoms with Crippen LogP contribution in [-0.4, -0.2) is 40.6 Å². The van der Waals surface area contributed by atoms with Gasteiger partial charge >= 0.3 is 12.1 Å². The summed E-state index contributed by atoms with van der Waals surface area (Å²) in [6.45, 7) is 1.84. The van der Waals surface area contributed by atoms with E-state index in [4.69, 9.17) is 5.73 Å². The molecule has 1 unspecified atom stereocenters. The number of carbonyl (C=O) groups is 1. The predicted molar refractivity (Wildman–Crippen MR) is 89.7 cm³/mol. The highest BCUT2D eigenvalue weighted by Crippen LogP contribution is 2.29. The van der Waals surface area contributed by atoms with Crippen LogP contribution in [0.2, 0.25) is 0 Å². The first-order valence-corrected chi connectivity index (χ1v) is 7.89. The van der Waals surface area contributed by atoms with E-state index in [2.05, 4.69) is 14.7 Å². The van der Waals surface area contributed by atoms with Gasteiger partial charge in [-0.15, -0.1) is 12.4 Å². The standard InChI is InChI=1S/C16H17F3N4O2.ClH/c17-16(18,19)15-21-13(22-25-15)11-3-5-12(6-4-11)14(24)23-7-1-2-10(8-20)9-23;/h3-6,10H,1-2,7-9,20H2;1H. The smallest absolute Gasteiger partial charge is 0.338 e. The van der Waals surface area contributed by atoms with Crippen molar-refractivity contribution in [3.8, 4) is 11.4 Å². The highest BCUT2D eigenvalue weighted by atomic mass is 35.5. The van der Waals surface area contributed by atoms with Gasteiger partial charge in [-0.3, -0.25) is 4.79 Å². The zero-order valence-corrected chi connectivity index (χ0v) is 14.5. The molecule has 2 N–H and O–H groups in total. The number of nitrogens with two attached hydrogens (primary N) is 1. The van der Waals surface area contributed by atoms with Crippen LogP contribution >= 0.6 is 12.4 Å². The average Bonchev–Trinajstić information content (AvgIpc) is 3.12. The third kappa shape index (κ3) is 4.34. The molecule has 10 heteroatoms. The second-order valence-electron chi connectivity index (χ2n) is 5.99. The number of likely N-dealkylation sites (tertiary alicyclic amines) is 1. The molecule has 1 saturated heterocycles. The molecule has 3 rings (SSSR count). The molecule has 1 amide bonds. The van der Waals surface area contributed by atoms with Crippen LogP contribution in [0.3, 0.4) is 0 Å². The zero-order chi connectivity index (χ0) is 18.0. The molecule has 0 radical (unpaired) electrons. The summed E-state index contributed by atoms with van der Waals surface area (Å²) in [7, 11) is 0. The summed E-state index contributed by atoms with van der Waals surface area (Å²) < 4.78 is 41.7. The summed E-state index contributed by atoms with van der Waals surface area (Å²) in [6, 6.07) is 6.10. The van der Waals surface area contributed by atoms with Crippen LogP contribution in [0.15, 0.2) is 28.8 Å². The summed E-state index contributed by atoms with van der Waals surface area (Å²) in [5.74, 6) is -1.39. The quantitative estimate of drug-likeness (QED) is 0.870. The SMILES string of the molecule is Cl.NCC1CCCN(C(=O)c2ccc(-c3noc(C(F)(F)F)n3)cc2)C1. The third-order valence-electron chi connectivity index (χ3n) is 4.20. The molecule has 1 aromatic heterocycles. The second-order valence-corrected chi connectivity index (χ2v) is 5.99. The molecule has 0 bridgehead atoms. The average molecular weight is 391 g/mol. The van der Waals surface area contributed by atoms with Crippen LogP contribution < -0.4 is 5.73 Å². The number of amides is 1. The first-order valence-electron chi connectivity index (χ1n) is 7.89. The van der Waals surface area contributed by atoms with Crippen molar-refractivity contribution in [1.82, 2.24) is 15.0 Å². The van der Waals surface area contributed by atoms with Gasteiger partial charge in [0.2, 0.25) is 5.82 Å². The summed E-state index contributed by atoms with van der Waals surface area (Å²) in [4.78, 5) is 17.6. The number of rotatable bonds is 3. The highest BCUT2D eigenvalue weighted by Gasteiger charge is 2.38. The zero-order valence-electron chi connectivity index (χ0n) is 13.7. The Morgan fingerprint density at radius 3 is 2.58 bits per heavy atom. The molecule has 0 saturated carbocycles. The lowest BCUT2D eigenvalue weighted by Crippen LogP contribution is -2.42. The maximum atomic E-state index is 12.5. The lowest BCUT2D eigenvalue weighted by Gasteiger charge is -2.32. The lowest BCUT2D eigenvalue weighted by atomic mass is 9.97. The molecule has 2 aromatic rings. The fraction of sp³-hybridized carbons (Fsp3) is 0.438. The Labute approximate surface area is 153 Å². The van der Waals surface area contributed by atoms with E-state index in [1.54, 1.807) is 17.0 Å². The molecule has 2 heterocycles. The molecule has 1 atom stereocenters. The molecule has 142 valence electrons. The molecule has 1 aliphatic rings. The molecule has 26 heavy (non-hydrogen) atoms. The van der Waals surface area contributed by atoms with E-state index in [-0.39, 0.29) is 24.1 Å². The summed E-state index contributed by atoms with van der Waals surface area (Å²) >= 11 is 0. The van der Waals surface area contributed by atoms with Crippen LogP contribution in [0.1, 0.15) is 29.1 Å². The van der Waals surface area contributed by atoms with Gasteiger partial charge in [0.05, 0.1) is 0 Å². The molecular formula is C16H18ClF3N4O2. The largest absolute Gasteiger partial charge is 0.471 e. The van der Waals surface area contributed by atoms with Gasteiger partial charge in [-0.05, 0) is 37.4 Å². The fourth-order valence-corrected chi connectivity index (χ4v) is 2.84. The normalized spacial score (nSPS) is 17.7. The monoisotopic (exact) mass is 390 g/mol. The maximum Gasteiger partial charge on any atom is 0.471 e. The van der Waals surface area contributed by atoms with E-state index in [9.17, 15) is 18.0 Å². The summed E-state index contributed by atoms with van der Waals surface area (Å²) in [5.41, 5.74) is 6.48. The van der Waals surface area contributed by atoms with Crippen molar-refractivity contribution in [3.05, 3.63) is 35.7 Å².